The largest absolute Gasteiger partial charge is 0.481 e. The number of nitrogens with one attached hydrogen (secondary N) is 1. The van der Waals surface area contributed by atoms with Crippen LogP contribution in [0.15, 0.2) is 51.7 Å². The maximum atomic E-state index is 12.6. The van der Waals surface area contributed by atoms with E-state index in [9.17, 15) is 14.4 Å². The van der Waals surface area contributed by atoms with Crippen molar-refractivity contribution in [2.75, 3.05) is 6.61 Å². The minimum absolute atomic E-state index is 0.0279. The molecule has 4 rings (SSSR count). The van der Waals surface area contributed by atoms with Gasteiger partial charge in [-0.05, 0) is 56.0 Å². The van der Waals surface area contributed by atoms with Crippen LogP contribution in [0.3, 0.4) is 0 Å². The Balaban J connectivity index is 1.43. The average molecular weight is 450 g/mol. The van der Waals surface area contributed by atoms with E-state index >= 15 is 0 Å². The minimum Gasteiger partial charge on any atom is -0.481 e. The van der Waals surface area contributed by atoms with Crippen LogP contribution in [-0.2, 0) is 4.79 Å². The van der Waals surface area contributed by atoms with Crippen molar-refractivity contribution < 1.29 is 23.5 Å². The average Bonchev–Trinajstić information content (AvgIpc) is 2.79. The molecule has 3 aromatic rings. The molecule has 0 bridgehead atoms. The fraction of sp³-hybridized carbons (Fsp3) is 0.346. The molecule has 7 heteroatoms. The number of carbonyl (C=O) groups excluding carboxylic acids is 2. The zero-order valence-corrected chi connectivity index (χ0v) is 18.8. The fourth-order valence-corrected chi connectivity index (χ4v) is 4.14. The second-order valence-corrected chi connectivity index (χ2v) is 8.44. The number of hydrogen-bond acceptors (Lipinski definition) is 6. The lowest BCUT2D eigenvalue weighted by Gasteiger charge is -2.22. The normalized spacial score (nSPS) is 14.1. The van der Waals surface area contributed by atoms with Crippen LogP contribution in [0.1, 0.15) is 53.6 Å². The molecule has 33 heavy (non-hydrogen) atoms. The molecule has 2 aromatic carbocycles. The molecular weight excluding hydrogens is 422 g/mol. The van der Waals surface area contributed by atoms with Gasteiger partial charge in [0, 0.05) is 17.5 Å². The van der Waals surface area contributed by atoms with E-state index in [1.54, 1.807) is 12.1 Å². The highest BCUT2D eigenvalue weighted by atomic mass is 16.6. The maximum Gasteiger partial charge on any atom is 0.349 e. The van der Waals surface area contributed by atoms with Crippen LogP contribution >= 0.6 is 0 Å². The number of fused-ring (bicyclic) bond motifs is 1. The molecule has 7 nitrogen and oxygen atoms in total. The summed E-state index contributed by atoms with van der Waals surface area (Å²) >= 11 is 0. The Hall–Kier alpha value is -3.61. The Bertz CT molecular complexity index is 1220. The van der Waals surface area contributed by atoms with Gasteiger partial charge >= 0.3 is 11.6 Å². The first-order valence-corrected chi connectivity index (χ1v) is 11.2. The van der Waals surface area contributed by atoms with E-state index in [0.717, 1.165) is 36.8 Å². The lowest BCUT2D eigenvalue weighted by molar-refractivity contribution is -0.136. The van der Waals surface area contributed by atoms with Crippen molar-refractivity contribution in [1.82, 2.24) is 5.32 Å². The number of aryl methyl sites for hydroxylation is 2. The maximum absolute atomic E-state index is 12.6. The summed E-state index contributed by atoms with van der Waals surface area (Å²) in [6.45, 7) is 3.55. The van der Waals surface area contributed by atoms with Crippen LogP contribution in [0.25, 0.3) is 11.0 Å². The fourth-order valence-electron chi connectivity index (χ4n) is 4.14. The standard InChI is InChI=1S/C26H27NO6/c1-16-7-6-8-17(2)24(16)31-15-23(28)32-20-12-11-18-13-21(26(30)33-22(18)14-20)25(29)27-19-9-4-3-5-10-19/h6-8,11-14,19H,3-5,9-10,15H2,1-2H3,(H,27,29). The van der Waals surface area contributed by atoms with Crippen molar-refractivity contribution in [3.63, 3.8) is 0 Å². The van der Waals surface area contributed by atoms with Gasteiger partial charge in [0.15, 0.2) is 6.61 Å². The Labute approximate surface area is 191 Å². The van der Waals surface area contributed by atoms with Crippen LogP contribution in [0, 0.1) is 13.8 Å². The molecule has 0 radical (unpaired) electrons. The molecule has 1 saturated carbocycles. The summed E-state index contributed by atoms with van der Waals surface area (Å²) in [5.74, 6) is -0.127. The van der Waals surface area contributed by atoms with Crippen LogP contribution in [0.2, 0.25) is 0 Å². The number of esters is 1. The highest BCUT2D eigenvalue weighted by Crippen LogP contribution is 2.24. The van der Waals surface area contributed by atoms with Gasteiger partial charge in [-0.25, -0.2) is 9.59 Å². The molecule has 1 N–H and O–H groups in total. The summed E-state index contributed by atoms with van der Waals surface area (Å²) in [4.78, 5) is 37.2. The van der Waals surface area contributed by atoms with Gasteiger partial charge < -0.3 is 19.2 Å². The van der Waals surface area contributed by atoms with Crippen LogP contribution in [-0.4, -0.2) is 24.5 Å². The highest BCUT2D eigenvalue weighted by molar-refractivity contribution is 5.97. The van der Waals surface area contributed by atoms with Crippen LogP contribution < -0.4 is 20.4 Å². The third kappa shape index (κ3) is 5.42. The SMILES string of the molecule is Cc1cccc(C)c1OCC(=O)Oc1ccc2cc(C(=O)NC3CCCCC3)c(=O)oc2c1. The van der Waals surface area contributed by atoms with Gasteiger partial charge in [-0.15, -0.1) is 0 Å². The molecule has 0 saturated heterocycles. The molecule has 1 aromatic heterocycles. The first kappa shape index (κ1) is 22.6. The molecule has 1 amide bonds. The summed E-state index contributed by atoms with van der Waals surface area (Å²) in [5, 5.41) is 3.50. The Morgan fingerprint density at radius 1 is 1.03 bits per heavy atom. The Kier molecular flexibility index (Phi) is 6.77. The highest BCUT2D eigenvalue weighted by Gasteiger charge is 2.20. The number of hydrogen-bond donors (Lipinski definition) is 1. The molecule has 172 valence electrons. The van der Waals surface area contributed by atoms with E-state index in [1.807, 2.05) is 32.0 Å². The van der Waals surface area contributed by atoms with Gasteiger partial charge in [-0.3, -0.25) is 4.79 Å². The summed E-state index contributed by atoms with van der Waals surface area (Å²) < 4.78 is 16.3. The summed E-state index contributed by atoms with van der Waals surface area (Å²) in [6.07, 6.45) is 5.18. The lowest BCUT2D eigenvalue weighted by atomic mass is 9.95. The third-order valence-electron chi connectivity index (χ3n) is 5.87. The van der Waals surface area contributed by atoms with Crippen LogP contribution in [0.5, 0.6) is 11.5 Å². The molecular formula is C26H27NO6. The number of benzene rings is 2. The third-order valence-corrected chi connectivity index (χ3v) is 5.87. The smallest absolute Gasteiger partial charge is 0.349 e. The van der Waals surface area contributed by atoms with E-state index in [4.69, 9.17) is 13.9 Å². The minimum atomic E-state index is -0.724. The predicted molar refractivity (Wildman–Crippen MR) is 124 cm³/mol. The molecule has 0 spiro atoms. The zero-order valence-electron chi connectivity index (χ0n) is 18.8. The van der Waals surface area contributed by atoms with Crippen LogP contribution in [0.4, 0.5) is 0 Å². The number of rotatable bonds is 6. The Morgan fingerprint density at radius 2 is 1.76 bits per heavy atom. The van der Waals surface area contributed by atoms with Crippen molar-refractivity contribution in [3.8, 4) is 11.5 Å². The first-order valence-electron chi connectivity index (χ1n) is 11.2. The lowest BCUT2D eigenvalue weighted by Crippen LogP contribution is -2.38. The summed E-state index contributed by atoms with van der Waals surface area (Å²) in [5.41, 5.74) is 1.34. The van der Waals surface area contributed by atoms with E-state index in [0.29, 0.717) is 11.1 Å². The molecule has 0 aliphatic heterocycles. The zero-order chi connectivity index (χ0) is 23.4. The first-order chi connectivity index (χ1) is 15.9. The number of carbonyl (C=O) groups is 2. The topological polar surface area (TPSA) is 94.8 Å². The predicted octanol–water partition coefficient (Wildman–Crippen LogP) is 4.46. The van der Waals surface area contributed by atoms with Crippen molar-refractivity contribution in [2.45, 2.75) is 52.0 Å². The van der Waals surface area contributed by atoms with Crippen molar-refractivity contribution in [2.24, 2.45) is 0 Å². The summed E-state index contributed by atoms with van der Waals surface area (Å²) in [7, 11) is 0. The second kappa shape index (κ2) is 9.90. The van der Waals surface area contributed by atoms with Gasteiger partial charge in [0.1, 0.15) is 22.6 Å². The molecule has 1 heterocycles. The quantitative estimate of drug-likeness (QED) is 0.339. The van der Waals surface area contributed by atoms with Crippen molar-refractivity contribution >= 4 is 22.8 Å². The molecule has 0 unspecified atom stereocenters. The van der Waals surface area contributed by atoms with E-state index in [1.165, 1.54) is 18.6 Å². The van der Waals surface area contributed by atoms with E-state index in [-0.39, 0.29) is 29.5 Å². The second-order valence-electron chi connectivity index (χ2n) is 8.44. The molecule has 1 aliphatic rings. The van der Waals surface area contributed by atoms with Crippen molar-refractivity contribution in [1.29, 1.82) is 0 Å². The Morgan fingerprint density at radius 3 is 2.48 bits per heavy atom. The van der Waals surface area contributed by atoms with E-state index in [2.05, 4.69) is 5.32 Å². The van der Waals surface area contributed by atoms with Gasteiger partial charge in [0.05, 0.1) is 0 Å². The number of para-hydroxylation sites is 1. The molecule has 0 atom stereocenters. The molecule has 1 fully saturated rings. The van der Waals surface area contributed by atoms with Crippen molar-refractivity contribution in [3.05, 3.63) is 69.6 Å². The van der Waals surface area contributed by atoms with Gasteiger partial charge in [-0.2, -0.15) is 0 Å². The van der Waals surface area contributed by atoms with Gasteiger partial charge in [0.2, 0.25) is 0 Å². The van der Waals surface area contributed by atoms with Gasteiger partial charge in [0.25, 0.3) is 5.91 Å². The van der Waals surface area contributed by atoms with Gasteiger partial charge in [-0.1, -0.05) is 37.5 Å². The molecule has 1 aliphatic carbocycles. The number of ether oxygens (including phenoxy) is 2. The number of amides is 1. The van der Waals surface area contributed by atoms with E-state index < -0.39 is 17.5 Å². The monoisotopic (exact) mass is 449 g/mol. The summed E-state index contributed by atoms with van der Waals surface area (Å²) in [6, 6.07) is 12.0.